The molecule has 1 saturated heterocycles. The second-order valence-corrected chi connectivity index (χ2v) is 7.96. The molecule has 4 atom stereocenters. The molecule has 2 N–H and O–H groups in total. The van der Waals surface area contributed by atoms with Gasteiger partial charge in [0, 0.05) is 19.2 Å². The van der Waals surface area contributed by atoms with Crippen LogP contribution in [-0.4, -0.2) is 60.5 Å². The summed E-state index contributed by atoms with van der Waals surface area (Å²) in [5.74, 6) is 1.88. The van der Waals surface area contributed by atoms with Gasteiger partial charge in [-0.2, -0.15) is 0 Å². The van der Waals surface area contributed by atoms with Crippen molar-refractivity contribution in [1.29, 1.82) is 0 Å². The first-order valence-corrected chi connectivity index (χ1v) is 10.1. The second kappa shape index (κ2) is 8.44. The number of rotatable bonds is 5. The third kappa shape index (κ3) is 3.89. The van der Waals surface area contributed by atoms with Crippen molar-refractivity contribution in [3.63, 3.8) is 0 Å². The van der Waals surface area contributed by atoms with E-state index in [0.717, 1.165) is 0 Å². The Balaban J connectivity index is 1.44. The van der Waals surface area contributed by atoms with Crippen molar-refractivity contribution >= 4 is 5.91 Å². The van der Waals surface area contributed by atoms with Crippen molar-refractivity contribution in [2.24, 2.45) is 11.8 Å². The van der Waals surface area contributed by atoms with Crippen LogP contribution in [0.5, 0.6) is 23.0 Å². The molecule has 7 heteroatoms. The summed E-state index contributed by atoms with van der Waals surface area (Å²) in [6, 6.07) is 12.1. The number of aromatic hydroxyl groups is 1. The van der Waals surface area contributed by atoms with Gasteiger partial charge in [-0.25, -0.2) is 0 Å². The Bertz CT molecular complexity index is 916. The van der Waals surface area contributed by atoms with Crippen LogP contribution in [0.15, 0.2) is 42.5 Å². The van der Waals surface area contributed by atoms with Crippen LogP contribution in [0.3, 0.4) is 0 Å². The van der Waals surface area contributed by atoms with Gasteiger partial charge in [0.15, 0.2) is 11.5 Å². The van der Waals surface area contributed by atoms with Gasteiger partial charge in [-0.15, -0.1) is 0 Å². The maximum atomic E-state index is 13.0. The number of methoxy groups -OCH3 is 2. The average molecular weight is 413 g/mol. The fourth-order valence-electron chi connectivity index (χ4n) is 4.55. The lowest BCUT2D eigenvalue weighted by Gasteiger charge is -2.35. The number of carbonyl (C=O) groups is 1. The number of phenolic OH excluding ortho intramolecular Hbond substituents is 1. The molecule has 7 nitrogen and oxygen atoms in total. The first kappa shape index (κ1) is 20.3. The van der Waals surface area contributed by atoms with Crippen LogP contribution in [0, 0.1) is 11.8 Å². The number of carbonyl (C=O) groups excluding carboxylic acids is 1. The molecule has 1 aliphatic heterocycles. The van der Waals surface area contributed by atoms with Crippen LogP contribution in [0.4, 0.5) is 0 Å². The molecule has 1 aliphatic carbocycles. The standard InChI is InChI=1S/C23H27NO6/c1-28-16-7-8-17(18(25)11-16)23(27)24-12-14-9-19(26)22(10-15(14)13-24)30-21-6-4-3-5-20(21)29-2/h3-8,11,14-15,19,22,25-26H,9-10,12-13H2,1-2H3/t14-,15+,19+,22+/m0/s1. The maximum absolute atomic E-state index is 13.0. The lowest BCUT2D eigenvalue weighted by molar-refractivity contribution is -0.0240. The minimum atomic E-state index is -0.611. The average Bonchev–Trinajstić information content (AvgIpc) is 3.16. The molecule has 0 bridgehead atoms. The summed E-state index contributed by atoms with van der Waals surface area (Å²) in [5, 5.41) is 20.9. The summed E-state index contributed by atoms with van der Waals surface area (Å²) in [5.41, 5.74) is 0.261. The molecular formula is C23H27NO6. The molecule has 0 spiro atoms. The van der Waals surface area contributed by atoms with Crippen LogP contribution >= 0.6 is 0 Å². The largest absolute Gasteiger partial charge is 0.507 e. The Morgan fingerprint density at radius 1 is 1.00 bits per heavy atom. The van der Waals surface area contributed by atoms with E-state index in [9.17, 15) is 15.0 Å². The highest BCUT2D eigenvalue weighted by Gasteiger charge is 2.44. The number of para-hydroxylation sites is 2. The van der Waals surface area contributed by atoms with Gasteiger partial charge in [-0.1, -0.05) is 12.1 Å². The van der Waals surface area contributed by atoms with Gasteiger partial charge < -0.3 is 29.3 Å². The Labute approximate surface area is 175 Å². The number of nitrogens with zero attached hydrogens (tertiary/aromatic N) is 1. The Morgan fingerprint density at radius 2 is 1.70 bits per heavy atom. The highest BCUT2D eigenvalue weighted by atomic mass is 16.5. The summed E-state index contributed by atoms with van der Waals surface area (Å²) in [6.45, 7) is 1.14. The smallest absolute Gasteiger partial charge is 0.257 e. The number of phenols is 1. The number of aliphatic hydroxyl groups is 1. The summed E-state index contributed by atoms with van der Waals surface area (Å²) in [7, 11) is 3.10. The topological polar surface area (TPSA) is 88.5 Å². The minimum Gasteiger partial charge on any atom is -0.507 e. The van der Waals surface area contributed by atoms with E-state index in [4.69, 9.17) is 14.2 Å². The highest BCUT2D eigenvalue weighted by Crippen LogP contribution is 2.40. The zero-order valence-electron chi connectivity index (χ0n) is 17.2. The van der Waals surface area contributed by atoms with E-state index in [1.165, 1.54) is 13.2 Å². The first-order valence-electron chi connectivity index (χ1n) is 10.1. The fourth-order valence-corrected chi connectivity index (χ4v) is 4.55. The lowest BCUT2D eigenvalue weighted by Crippen LogP contribution is -2.42. The lowest BCUT2D eigenvalue weighted by atomic mass is 9.78. The van der Waals surface area contributed by atoms with Crippen molar-refractivity contribution in [2.75, 3.05) is 27.3 Å². The van der Waals surface area contributed by atoms with Crippen LogP contribution < -0.4 is 14.2 Å². The maximum Gasteiger partial charge on any atom is 0.257 e. The van der Waals surface area contributed by atoms with E-state index < -0.39 is 6.10 Å². The van der Waals surface area contributed by atoms with Crippen LogP contribution in [0.2, 0.25) is 0 Å². The molecule has 0 unspecified atom stereocenters. The zero-order valence-corrected chi connectivity index (χ0v) is 17.2. The van der Waals surface area contributed by atoms with E-state index >= 15 is 0 Å². The molecule has 2 aromatic carbocycles. The molecule has 4 rings (SSSR count). The number of hydrogen-bond donors (Lipinski definition) is 2. The quantitative estimate of drug-likeness (QED) is 0.784. The van der Waals surface area contributed by atoms with Gasteiger partial charge in [0.25, 0.3) is 5.91 Å². The fraction of sp³-hybridized carbons (Fsp3) is 0.435. The number of hydrogen-bond acceptors (Lipinski definition) is 6. The molecule has 160 valence electrons. The van der Waals surface area contributed by atoms with Crippen LogP contribution in [-0.2, 0) is 0 Å². The molecule has 0 aromatic heterocycles. The highest BCUT2D eigenvalue weighted by molar-refractivity contribution is 5.97. The molecular weight excluding hydrogens is 386 g/mol. The Kier molecular flexibility index (Phi) is 5.72. The first-order chi connectivity index (χ1) is 14.5. The molecule has 1 saturated carbocycles. The predicted molar refractivity (Wildman–Crippen MR) is 110 cm³/mol. The van der Waals surface area contributed by atoms with E-state index in [0.29, 0.717) is 43.2 Å². The van der Waals surface area contributed by atoms with Crippen molar-refractivity contribution < 1.29 is 29.2 Å². The summed E-state index contributed by atoms with van der Waals surface area (Å²) in [4.78, 5) is 14.7. The Morgan fingerprint density at radius 3 is 2.37 bits per heavy atom. The van der Waals surface area contributed by atoms with Gasteiger partial charge in [0.2, 0.25) is 0 Å². The van der Waals surface area contributed by atoms with Gasteiger partial charge in [0.1, 0.15) is 17.6 Å². The monoisotopic (exact) mass is 413 g/mol. The SMILES string of the molecule is COc1ccc(C(=O)N2C[C@H]3C[C@@H](Oc4ccccc4OC)[C@H](O)C[C@H]3C2)c(O)c1. The molecule has 30 heavy (non-hydrogen) atoms. The molecule has 1 heterocycles. The number of ether oxygens (including phenoxy) is 3. The van der Waals surface area contributed by atoms with Gasteiger partial charge in [0.05, 0.1) is 25.9 Å². The summed E-state index contributed by atoms with van der Waals surface area (Å²) in [6.07, 6.45) is 0.262. The third-order valence-corrected chi connectivity index (χ3v) is 6.15. The number of fused-ring (bicyclic) bond motifs is 1. The Hall–Kier alpha value is -2.93. The predicted octanol–water partition coefficient (Wildman–Crippen LogP) is 2.70. The van der Waals surface area contributed by atoms with Gasteiger partial charge in [-0.3, -0.25) is 4.79 Å². The number of likely N-dealkylation sites (tertiary alicyclic amines) is 1. The van der Waals surface area contributed by atoms with E-state index in [-0.39, 0.29) is 35.2 Å². The number of amides is 1. The van der Waals surface area contributed by atoms with Crippen LogP contribution in [0.1, 0.15) is 23.2 Å². The van der Waals surface area contributed by atoms with Crippen molar-refractivity contribution in [3.8, 4) is 23.0 Å². The number of benzene rings is 2. The van der Waals surface area contributed by atoms with E-state index in [2.05, 4.69) is 0 Å². The minimum absolute atomic E-state index is 0.0911. The molecule has 1 amide bonds. The summed E-state index contributed by atoms with van der Waals surface area (Å²) >= 11 is 0. The van der Waals surface area contributed by atoms with Crippen molar-refractivity contribution in [2.45, 2.75) is 25.0 Å². The van der Waals surface area contributed by atoms with Crippen LogP contribution in [0.25, 0.3) is 0 Å². The van der Waals surface area contributed by atoms with Crippen molar-refractivity contribution in [3.05, 3.63) is 48.0 Å². The number of aliphatic hydroxyl groups excluding tert-OH is 1. The molecule has 2 aliphatic rings. The normalized spacial score (nSPS) is 25.5. The third-order valence-electron chi connectivity index (χ3n) is 6.15. The van der Waals surface area contributed by atoms with E-state index in [1.807, 2.05) is 24.3 Å². The van der Waals surface area contributed by atoms with Crippen molar-refractivity contribution in [1.82, 2.24) is 4.90 Å². The summed E-state index contributed by atoms with van der Waals surface area (Å²) < 4.78 is 16.5. The zero-order chi connectivity index (χ0) is 21.3. The second-order valence-electron chi connectivity index (χ2n) is 7.96. The van der Waals surface area contributed by atoms with Gasteiger partial charge in [-0.05, 0) is 48.9 Å². The van der Waals surface area contributed by atoms with Gasteiger partial charge >= 0.3 is 0 Å². The molecule has 2 fully saturated rings. The van der Waals surface area contributed by atoms with E-state index in [1.54, 1.807) is 24.1 Å². The molecule has 0 radical (unpaired) electrons. The molecule has 2 aromatic rings.